The molecule has 1 heterocycles. The molecule has 80 valence electrons. The third-order valence-corrected chi connectivity index (χ3v) is 2.84. The van der Waals surface area contributed by atoms with E-state index in [1.807, 2.05) is 39.8 Å². The van der Waals surface area contributed by atoms with Gasteiger partial charge in [-0.3, -0.25) is 0 Å². The van der Waals surface area contributed by atoms with E-state index in [2.05, 4.69) is 11.1 Å². The number of aryl methyl sites for hydroxylation is 1. The molecule has 0 aliphatic rings. The Kier molecular flexibility index (Phi) is 2.43. The molecule has 0 amide bonds. The fraction of sp³-hybridized carbons (Fsp3) is 0.417. The van der Waals surface area contributed by atoms with Crippen LogP contribution in [0.2, 0.25) is 0 Å². The van der Waals surface area contributed by atoms with Crippen molar-refractivity contribution < 1.29 is 4.74 Å². The molecule has 0 aliphatic carbocycles. The van der Waals surface area contributed by atoms with E-state index < -0.39 is 0 Å². The van der Waals surface area contributed by atoms with Crippen molar-refractivity contribution in [3.8, 4) is 5.75 Å². The van der Waals surface area contributed by atoms with Crippen LogP contribution in [0.1, 0.15) is 25.8 Å². The molecule has 3 heteroatoms. The summed E-state index contributed by atoms with van der Waals surface area (Å²) in [4.78, 5) is 4.49. The third kappa shape index (κ3) is 2.29. The Bertz CT molecular complexity index is 482. The van der Waals surface area contributed by atoms with Gasteiger partial charge in [-0.1, -0.05) is 6.07 Å². The lowest BCUT2D eigenvalue weighted by molar-refractivity contribution is 0.133. The molecule has 0 unspecified atom stereocenters. The zero-order valence-electron chi connectivity index (χ0n) is 9.50. The predicted octanol–water partition coefficient (Wildman–Crippen LogP) is 3.78. The molecule has 1 aromatic heterocycles. The van der Waals surface area contributed by atoms with E-state index in [4.69, 9.17) is 4.74 Å². The van der Waals surface area contributed by atoms with Crippen LogP contribution >= 0.6 is 11.3 Å². The van der Waals surface area contributed by atoms with Crippen LogP contribution < -0.4 is 4.74 Å². The van der Waals surface area contributed by atoms with Gasteiger partial charge in [0.2, 0.25) is 0 Å². The molecule has 0 N–H and O–H groups in total. The maximum Gasteiger partial charge on any atom is 0.147 e. The topological polar surface area (TPSA) is 22.1 Å². The summed E-state index contributed by atoms with van der Waals surface area (Å²) in [7, 11) is 0. The second-order valence-corrected chi connectivity index (χ2v) is 5.78. The highest BCUT2D eigenvalue weighted by molar-refractivity contribution is 7.18. The molecule has 15 heavy (non-hydrogen) atoms. The average molecular weight is 221 g/mol. The highest BCUT2D eigenvalue weighted by Gasteiger charge is 2.15. The summed E-state index contributed by atoms with van der Waals surface area (Å²) in [5.74, 6) is 0.879. The number of aromatic nitrogens is 1. The lowest BCUT2D eigenvalue weighted by Crippen LogP contribution is -2.23. The maximum atomic E-state index is 5.87. The molecular weight excluding hydrogens is 206 g/mol. The predicted molar refractivity (Wildman–Crippen MR) is 64.7 cm³/mol. The lowest BCUT2D eigenvalue weighted by atomic mass is 10.2. The number of hydrogen-bond donors (Lipinski definition) is 0. The molecule has 0 bridgehead atoms. The Morgan fingerprint density at radius 2 is 2.00 bits per heavy atom. The van der Waals surface area contributed by atoms with Crippen molar-refractivity contribution in [2.75, 3.05) is 0 Å². The van der Waals surface area contributed by atoms with E-state index in [-0.39, 0.29) is 5.60 Å². The van der Waals surface area contributed by atoms with Crippen molar-refractivity contribution >= 4 is 21.6 Å². The van der Waals surface area contributed by atoms with Gasteiger partial charge in [0.25, 0.3) is 0 Å². The third-order valence-electron chi connectivity index (χ3n) is 1.91. The normalized spacial score (nSPS) is 12.0. The first-order chi connectivity index (χ1) is 6.96. The number of hydrogen-bond acceptors (Lipinski definition) is 3. The van der Waals surface area contributed by atoms with Crippen LogP contribution in [0, 0.1) is 6.92 Å². The molecule has 0 spiro atoms. The van der Waals surface area contributed by atoms with Crippen LogP contribution in [-0.2, 0) is 0 Å². The van der Waals surface area contributed by atoms with Crippen LogP contribution in [0.3, 0.4) is 0 Å². The molecule has 0 saturated heterocycles. The Morgan fingerprint density at radius 1 is 1.27 bits per heavy atom. The molecule has 1 aromatic carbocycles. The SMILES string of the molecule is Cc1nc2c(OC(C)(C)C)cccc2s1. The summed E-state index contributed by atoms with van der Waals surface area (Å²) in [6.07, 6.45) is 0. The van der Waals surface area contributed by atoms with Gasteiger partial charge >= 0.3 is 0 Å². The highest BCUT2D eigenvalue weighted by atomic mass is 32.1. The first kappa shape index (κ1) is 10.4. The van der Waals surface area contributed by atoms with Crippen LogP contribution in [0.4, 0.5) is 0 Å². The molecule has 0 saturated carbocycles. The second-order valence-electron chi connectivity index (χ2n) is 4.55. The summed E-state index contributed by atoms with van der Waals surface area (Å²) in [6.45, 7) is 8.16. The minimum absolute atomic E-state index is 0.175. The summed E-state index contributed by atoms with van der Waals surface area (Å²) in [5, 5.41) is 1.08. The first-order valence-electron chi connectivity index (χ1n) is 5.01. The zero-order chi connectivity index (χ0) is 11.1. The van der Waals surface area contributed by atoms with E-state index in [1.165, 1.54) is 4.70 Å². The minimum Gasteiger partial charge on any atom is -0.486 e. The molecule has 0 atom stereocenters. The maximum absolute atomic E-state index is 5.87. The number of rotatable bonds is 1. The monoisotopic (exact) mass is 221 g/mol. The quantitative estimate of drug-likeness (QED) is 0.731. The van der Waals surface area contributed by atoms with Gasteiger partial charge < -0.3 is 4.74 Å². The number of benzene rings is 1. The molecule has 0 radical (unpaired) electrons. The molecule has 2 aromatic rings. The van der Waals surface area contributed by atoms with Crippen LogP contribution in [0.15, 0.2) is 18.2 Å². The number of ether oxygens (including phenoxy) is 1. The van der Waals surface area contributed by atoms with Gasteiger partial charge in [-0.25, -0.2) is 4.98 Å². The van der Waals surface area contributed by atoms with Gasteiger partial charge in [0.1, 0.15) is 16.9 Å². The van der Waals surface area contributed by atoms with E-state index >= 15 is 0 Å². The number of fused-ring (bicyclic) bond motifs is 1. The Morgan fingerprint density at radius 3 is 2.67 bits per heavy atom. The number of thiazole rings is 1. The van der Waals surface area contributed by atoms with Gasteiger partial charge in [0.05, 0.1) is 9.71 Å². The van der Waals surface area contributed by atoms with Crippen LogP contribution in [0.5, 0.6) is 5.75 Å². The van der Waals surface area contributed by atoms with E-state index in [0.717, 1.165) is 16.3 Å². The van der Waals surface area contributed by atoms with Gasteiger partial charge in [0.15, 0.2) is 0 Å². The Balaban J connectivity index is 2.51. The standard InChI is InChI=1S/C12H15NOS/c1-8-13-11-9(14-12(2,3)4)6-5-7-10(11)15-8/h5-7H,1-4H3. The Labute approximate surface area is 93.9 Å². The van der Waals surface area contributed by atoms with Crippen LogP contribution in [-0.4, -0.2) is 10.6 Å². The number of para-hydroxylation sites is 1. The molecular formula is C12H15NOS. The van der Waals surface area contributed by atoms with Crippen molar-refractivity contribution in [3.05, 3.63) is 23.2 Å². The van der Waals surface area contributed by atoms with Crippen LogP contribution in [0.25, 0.3) is 10.2 Å². The number of nitrogens with zero attached hydrogens (tertiary/aromatic N) is 1. The second kappa shape index (κ2) is 3.49. The van der Waals surface area contributed by atoms with Gasteiger partial charge in [-0.05, 0) is 39.8 Å². The summed E-state index contributed by atoms with van der Waals surface area (Å²) in [5.41, 5.74) is 0.807. The first-order valence-corrected chi connectivity index (χ1v) is 5.82. The molecule has 2 rings (SSSR count). The van der Waals surface area contributed by atoms with Crippen molar-refractivity contribution in [3.63, 3.8) is 0 Å². The summed E-state index contributed by atoms with van der Waals surface area (Å²) >= 11 is 1.70. The molecule has 2 nitrogen and oxygen atoms in total. The van der Waals surface area contributed by atoms with Crippen molar-refractivity contribution in [2.45, 2.75) is 33.3 Å². The summed E-state index contributed by atoms with van der Waals surface area (Å²) < 4.78 is 7.06. The van der Waals surface area contributed by atoms with Crippen molar-refractivity contribution in [1.29, 1.82) is 0 Å². The van der Waals surface area contributed by atoms with E-state index in [1.54, 1.807) is 11.3 Å². The fourth-order valence-corrected chi connectivity index (χ4v) is 2.29. The van der Waals surface area contributed by atoms with E-state index in [9.17, 15) is 0 Å². The molecule has 0 fully saturated rings. The van der Waals surface area contributed by atoms with E-state index in [0.29, 0.717) is 0 Å². The van der Waals surface area contributed by atoms with Gasteiger partial charge in [0, 0.05) is 0 Å². The van der Waals surface area contributed by atoms with Crippen molar-refractivity contribution in [2.24, 2.45) is 0 Å². The summed E-state index contributed by atoms with van der Waals surface area (Å²) in [6, 6.07) is 6.07. The highest BCUT2D eigenvalue weighted by Crippen LogP contribution is 2.31. The lowest BCUT2D eigenvalue weighted by Gasteiger charge is -2.21. The smallest absolute Gasteiger partial charge is 0.147 e. The fourth-order valence-electron chi connectivity index (χ4n) is 1.45. The minimum atomic E-state index is -0.175. The van der Waals surface area contributed by atoms with Gasteiger partial charge in [-0.2, -0.15) is 0 Å². The van der Waals surface area contributed by atoms with Crippen molar-refractivity contribution in [1.82, 2.24) is 4.98 Å². The van der Waals surface area contributed by atoms with Gasteiger partial charge in [-0.15, -0.1) is 11.3 Å². The Hall–Kier alpha value is -1.09. The average Bonchev–Trinajstić information content (AvgIpc) is 2.43. The largest absolute Gasteiger partial charge is 0.486 e. The molecule has 0 aliphatic heterocycles. The zero-order valence-corrected chi connectivity index (χ0v) is 10.3.